The van der Waals surface area contributed by atoms with E-state index < -0.39 is 0 Å². The van der Waals surface area contributed by atoms with Crippen molar-refractivity contribution in [3.63, 3.8) is 0 Å². The third-order valence-electron chi connectivity index (χ3n) is 6.92. The van der Waals surface area contributed by atoms with Crippen LogP contribution in [0.4, 0.5) is 5.82 Å². The van der Waals surface area contributed by atoms with Crippen molar-refractivity contribution in [2.75, 3.05) is 26.3 Å². The molecule has 40 heavy (non-hydrogen) atoms. The first-order valence-electron chi connectivity index (χ1n) is 12.7. The largest absolute Gasteiger partial charge is 0.493 e. The summed E-state index contributed by atoms with van der Waals surface area (Å²) in [6.07, 6.45) is 7.66. The number of hydrogen-bond acceptors (Lipinski definition) is 9. The Hall–Kier alpha value is -4.93. The summed E-state index contributed by atoms with van der Waals surface area (Å²) in [5, 5.41) is 13.3. The van der Waals surface area contributed by atoms with Crippen molar-refractivity contribution in [2.24, 2.45) is 5.73 Å². The highest BCUT2D eigenvalue weighted by atomic mass is 16.5. The molecule has 2 aromatic carbocycles. The lowest BCUT2D eigenvalue weighted by Crippen LogP contribution is -2.30. The number of nitrogens with one attached hydrogen (secondary N) is 2. The highest BCUT2D eigenvalue weighted by Crippen LogP contribution is 2.37. The highest BCUT2D eigenvalue weighted by Gasteiger charge is 2.15. The Balaban J connectivity index is 1.29. The normalized spacial score (nSPS) is 12.1. The van der Waals surface area contributed by atoms with Crippen LogP contribution in [-0.4, -0.2) is 52.0 Å². The SMILES string of the molecule is COc1cc2ncc3c(NO)nc(-c4cncc(OC[C@@H](N)Cc5c[nH]c6ccccc56)c4)cc3c2cc1OC. The summed E-state index contributed by atoms with van der Waals surface area (Å²) in [4.78, 5) is 16.8. The van der Waals surface area contributed by atoms with Crippen molar-refractivity contribution < 1.29 is 19.4 Å². The van der Waals surface area contributed by atoms with Gasteiger partial charge in [0.25, 0.3) is 0 Å². The number of nitrogens with zero attached hydrogens (tertiary/aromatic N) is 3. The lowest BCUT2D eigenvalue weighted by Gasteiger charge is -2.14. The molecule has 0 aliphatic carbocycles. The fourth-order valence-corrected chi connectivity index (χ4v) is 4.95. The molecule has 0 bridgehead atoms. The molecule has 0 saturated carbocycles. The van der Waals surface area contributed by atoms with Gasteiger partial charge in [0.15, 0.2) is 17.3 Å². The molecule has 10 nitrogen and oxygen atoms in total. The van der Waals surface area contributed by atoms with Crippen molar-refractivity contribution in [3.8, 4) is 28.5 Å². The van der Waals surface area contributed by atoms with Crippen LogP contribution in [0, 0.1) is 0 Å². The molecule has 0 aliphatic rings. The van der Waals surface area contributed by atoms with E-state index in [-0.39, 0.29) is 11.9 Å². The van der Waals surface area contributed by atoms with Gasteiger partial charge in [-0.2, -0.15) is 0 Å². The van der Waals surface area contributed by atoms with Crippen LogP contribution in [0.3, 0.4) is 0 Å². The zero-order valence-electron chi connectivity index (χ0n) is 22.0. The Morgan fingerprint density at radius 1 is 0.950 bits per heavy atom. The van der Waals surface area contributed by atoms with Crippen LogP contribution < -0.4 is 25.4 Å². The second-order valence-electron chi connectivity index (χ2n) is 9.46. The molecule has 4 heterocycles. The predicted molar refractivity (Wildman–Crippen MR) is 154 cm³/mol. The Kier molecular flexibility index (Phi) is 6.77. The van der Waals surface area contributed by atoms with Crippen LogP contribution in [-0.2, 0) is 6.42 Å². The van der Waals surface area contributed by atoms with E-state index in [1.807, 2.05) is 48.7 Å². The van der Waals surface area contributed by atoms with Crippen LogP contribution in [0.1, 0.15) is 5.56 Å². The van der Waals surface area contributed by atoms with E-state index in [1.54, 1.807) is 32.8 Å². The summed E-state index contributed by atoms with van der Waals surface area (Å²) in [6.45, 7) is 0.317. The molecule has 0 aliphatic heterocycles. The molecule has 10 heteroatoms. The third-order valence-corrected chi connectivity index (χ3v) is 6.92. The molecule has 6 aromatic rings. The molecule has 0 saturated heterocycles. The van der Waals surface area contributed by atoms with Crippen molar-refractivity contribution >= 4 is 38.4 Å². The quantitative estimate of drug-likeness (QED) is 0.147. The standard InChI is InChI=1S/C30H28N6O4/c1-38-28-10-23-22-9-26(35-30(36-37)24(22)15-34-27(23)11-29(28)39-2)18-8-20(14-32-12-18)40-16-19(31)7-17-13-33-25-6-4-3-5-21(17)25/h3-6,8-15,19,33,37H,7,16,31H2,1-2H3,(H,35,36)/t19-/m0/s1. The number of anilines is 1. The minimum atomic E-state index is -0.210. The molecular weight excluding hydrogens is 508 g/mol. The van der Waals surface area contributed by atoms with Gasteiger partial charge >= 0.3 is 0 Å². The Morgan fingerprint density at radius 3 is 2.60 bits per heavy atom. The average Bonchev–Trinajstić information content (AvgIpc) is 3.41. The van der Waals surface area contributed by atoms with E-state index in [0.717, 1.165) is 27.2 Å². The van der Waals surface area contributed by atoms with E-state index in [2.05, 4.69) is 31.5 Å². The van der Waals surface area contributed by atoms with Gasteiger partial charge in [-0.15, -0.1) is 0 Å². The molecule has 0 spiro atoms. The van der Waals surface area contributed by atoms with E-state index in [0.29, 0.717) is 52.4 Å². The molecule has 1 atom stereocenters. The Morgan fingerprint density at radius 2 is 1.77 bits per heavy atom. The first-order chi connectivity index (χ1) is 19.6. The average molecular weight is 537 g/mol. The van der Waals surface area contributed by atoms with Crippen LogP contribution in [0.2, 0.25) is 0 Å². The van der Waals surface area contributed by atoms with Gasteiger partial charge in [0.2, 0.25) is 0 Å². The van der Waals surface area contributed by atoms with Crippen molar-refractivity contribution in [3.05, 3.63) is 78.9 Å². The number of aromatic amines is 1. The Bertz CT molecular complexity index is 1840. The van der Waals surface area contributed by atoms with E-state index in [9.17, 15) is 5.21 Å². The number of aromatic nitrogens is 4. The number of ether oxygens (including phenoxy) is 3. The smallest absolute Gasteiger partial charge is 0.162 e. The van der Waals surface area contributed by atoms with Gasteiger partial charge in [0.05, 0.1) is 31.6 Å². The van der Waals surface area contributed by atoms with Gasteiger partial charge < -0.3 is 24.9 Å². The molecular formula is C30H28N6O4. The van der Waals surface area contributed by atoms with Crippen LogP contribution in [0.15, 0.2) is 73.3 Å². The van der Waals surface area contributed by atoms with E-state index in [1.165, 1.54) is 0 Å². The number of H-pyrrole nitrogens is 1. The van der Waals surface area contributed by atoms with Crippen molar-refractivity contribution in [1.82, 2.24) is 19.9 Å². The predicted octanol–water partition coefficient (Wildman–Crippen LogP) is 5.09. The molecule has 5 N–H and O–H groups in total. The first-order valence-corrected chi connectivity index (χ1v) is 12.7. The zero-order chi connectivity index (χ0) is 27.6. The molecule has 0 radical (unpaired) electrons. The molecule has 4 aromatic heterocycles. The monoisotopic (exact) mass is 536 g/mol. The van der Waals surface area contributed by atoms with Gasteiger partial charge in [-0.1, -0.05) is 18.2 Å². The maximum absolute atomic E-state index is 9.89. The molecule has 0 fully saturated rings. The number of para-hydroxylation sites is 1. The fourth-order valence-electron chi connectivity index (χ4n) is 4.95. The summed E-state index contributed by atoms with van der Waals surface area (Å²) >= 11 is 0. The van der Waals surface area contributed by atoms with Crippen molar-refractivity contribution in [1.29, 1.82) is 0 Å². The summed E-state index contributed by atoms with van der Waals surface area (Å²) in [5.74, 6) is 1.98. The summed E-state index contributed by atoms with van der Waals surface area (Å²) in [7, 11) is 3.16. The summed E-state index contributed by atoms with van der Waals surface area (Å²) in [5.41, 5.74) is 12.9. The minimum absolute atomic E-state index is 0.210. The van der Waals surface area contributed by atoms with Crippen molar-refractivity contribution in [2.45, 2.75) is 12.5 Å². The number of methoxy groups -OCH3 is 2. The molecule has 0 unspecified atom stereocenters. The van der Waals surface area contributed by atoms with Crippen LogP contribution in [0.25, 0.3) is 43.8 Å². The minimum Gasteiger partial charge on any atom is -0.493 e. The number of pyridine rings is 3. The Labute approximate surface area is 229 Å². The maximum atomic E-state index is 9.89. The first kappa shape index (κ1) is 25.4. The summed E-state index contributed by atoms with van der Waals surface area (Å²) < 4.78 is 17.0. The van der Waals surface area contributed by atoms with Crippen LogP contribution in [0.5, 0.6) is 17.2 Å². The van der Waals surface area contributed by atoms with Crippen LogP contribution >= 0.6 is 0 Å². The van der Waals surface area contributed by atoms with E-state index >= 15 is 0 Å². The second kappa shape index (κ2) is 10.7. The lowest BCUT2D eigenvalue weighted by molar-refractivity contribution is 0.287. The lowest BCUT2D eigenvalue weighted by atomic mass is 10.0. The molecule has 0 amide bonds. The summed E-state index contributed by atoms with van der Waals surface area (Å²) in [6, 6.07) is 15.4. The fraction of sp³-hybridized carbons (Fsp3) is 0.167. The number of rotatable bonds is 9. The molecule has 6 rings (SSSR count). The second-order valence-corrected chi connectivity index (χ2v) is 9.46. The maximum Gasteiger partial charge on any atom is 0.162 e. The number of hydrogen-bond donors (Lipinski definition) is 4. The van der Waals surface area contributed by atoms with Gasteiger partial charge in [-0.25, -0.2) is 4.98 Å². The zero-order valence-corrected chi connectivity index (χ0v) is 22.0. The molecule has 202 valence electrons. The van der Waals surface area contributed by atoms with E-state index in [4.69, 9.17) is 19.9 Å². The van der Waals surface area contributed by atoms with Gasteiger partial charge in [-0.3, -0.25) is 20.7 Å². The van der Waals surface area contributed by atoms with Gasteiger partial charge in [-0.05, 0) is 41.6 Å². The number of benzene rings is 2. The highest BCUT2D eigenvalue weighted by molar-refractivity contribution is 6.10. The van der Waals surface area contributed by atoms with Gasteiger partial charge in [0.1, 0.15) is 12.4 Å². The van der Waals surface area contributed by atoms with Gasteiger partial charge in [0, 0.05) is 57.9 Å². The number of nitrogens with two attached hydrogens (primary N) is 1. The number of fused-ring (bicyclic) bond motifs is 4. The third kappa shape index (κ3) is 4.70. The topological polar surface area (TPSA) is 140 Å².